The molecule has 0 saturated carbocycles. The van der Waals surface area contributed by atoms with Crippen molar-refractivity contribution in [3.63, 3.8) is 0 Å². The largest absolute Gasteiger partial charge is 0.455 e. The van der Waals surface area contributed by atoms with E-state index in [0.717, 1.165) is 12.0 Å². The fourth-order valence-corrected chi connectivity index (χ4v) is 3.52. The fourth-order valence-electron chi connectivity index (χ4n) is 3.39. The lowest BCUT2D eigenvalue weighted by Crippen LogP contribution is -2.22. The van der Waals surface area contributed by atoms with E-state index in [1.807, 2.05) is 6.92 Å². The number of hydrogen-bond donors (Lipinski definition) is 2. The van der Waals surface area contributed by atoms with E-state index in [1.54, 1.807) is 48.7 Å². The summed E-state index contributed by atoms with van der Waals surface area (Å²) in [6.45, 7) is 1.82. The molecule has 0 unspecified atom stereocenters. The minimum absolute atomic E-state index is 0.226. The molecular weight excluding hydrogens is 404 g/mol. The van der Waals surface area contributed by atoms with Crippen LogP contribution in [-0.4, -0.2) is 22.5 Å². The number of nitrogens with zero attached hydrogens (tertiary/aromatic N) is 2. The van der Waals surface area contributed by atoms with Gasteiger partial charge in [0.15, 0.2) is 5.76 Å². The standard InChI is InChI=1S/C22H19ClN4O3/c1-13-19-16(26-27-21(28)14-8-10-15(23)11-9-14)5-4-6-17(19)30-20(13)22(29)25-18-7-2-3-12-24-18/h2-3,7-12H,4-6H2,1H3,(H,27,28)(H,24,25,29)/b26-16+. The van der Waals surface area contributed by atoms with Gasteiger partial charge >= 0.3 is 0 Å². The smallest absolute Gasteiger partial charge is 0.292 e. The predicted octanol–water partition coefficient (Wildman–Crippen LogP) is 4.36. The number of halogens is 1. The summed E-state index contributed by atoms with van der Waals surface area (Å²) in [6, 6.07) is 11.8. The van der Waals surface area contributed by atoms with Crippen LogP contribution in [0.2, 0.25) is 5.02 Å². The third-order valence-electron chi connectivity index (χ3n) is 4.84. The number of anilines is 1. The van der Waals surface area contributed by atoms with Gasteiger partial charge in [-0.2, -0.15) is 5.10 Å². The Kier molecular flexibility index (Phi) is 5.63. The third-order valence-corrected chi connectivity index (χ3v) is 5.09. The van der Waals surface area contributed by atoms with Gasteiger partial charge in [-0.05, 0) is 56.2 Å². The summed E-state index contributed by atoms with van der Waals surface area (Å²) in [5.74, 6) is 0.666. The molecule has 1 aliphatic rings. The molecule has 0 fully saturated rings. The highest BCUT2D eigenvalue weighted by atomic mass is 35.5. The minimum Gasteiger partial charge on any atom is -0.455 e. The first kappa shape index (κ1) is 19.8. The van der Waals surface area contributed by atoms with Crippen LogP contribution in [0.5, 0.6) is 0 Å². The van der Waals surface area contributed by atoms with Crippen molar-refractivity contribution >= 4 is 34.9 Å². The number of carbonyl (C=O) groups excluding carboxylic acids is 2. The van der Waals surface area contributed by atoms with E-state index >= 15 is 0 Å². The maximum Gasteiger partial charge on any atom is 0.292 e. The van der Waals surface area contributed by atoms with Crippen LogP contribution in [0.1, 0.15) is 50.6 Å². The number of pyridine rings is 1. The molecule has 3 aromatic rings. The zero-order valence-electron chi connectivity index (χ0n) is 16.2. The Balaban J connectivity index is 1.56. The van der Waals surface area contributed by atoms with Crippen molar-refractivity contribution in [3.8, 4) is 0 Å². The molecule has 2 amide bonds. The SMILES string of the molecule is Cc1c(C(=O)Nc2ccccn2)oc2c1/C(=N/NC(=O)c1ccc(Cl)cc1)CCC2. The van der Waals surface area contributed by atoms with E-state index < -0.39 is 0 Å². The molecule has 0 saturated heterocycles. The summed E-state index contributed by atoms with van der Waals surface area (Å²) in [4.78, 5) is 29.1. The molecule has 2 aromatic heterocycles. The number of furan rings is 1. The second-order valence-electron chi connectivity index (χ2n) is 6.88. The van der Waals surface area contributed by atoms with Gasteiger partial charge in [0.25, 0.3) is 11.8 Å². The molecule has 2 N–H and O–H groups in total. The van der Waals surface area contributed by atoms with Gasteiger partial charge < -0.3 is 9.73 Å². The van der Waals surface area contributed by atoms with Crippen molar-refractivity contribution in [2.45, 2.75) is 26.2 Å². The average molecular weight is 423 g/mol. The Morgan fingerprint density at radius 3 is 2.63 bits per heavy atom. The summed E-state index contributed by atoms with van der Waals surface area (Å²) in [5.41, 5.74) is 5.21. The van der Waals surface area contributed by atoms with Gasteiger partial charge in [0.05, 0.1) is 5.71 Å². The number of fused-ring (bicyclic) bond motifs is 1. The number of aryl methyl sites for hydroxylation is 1. The van der Waals surface area contributed by atoms with Crippen LogP contribution < -0.4 is 10.7 Å². The number of rotatable bonds is 4. The van der Waals surface area contributed by atoms with Gasteiger partial charge in [0.2, 0.25) is 0 Å². The second kappa shape index (κ2) is 8.51. The van der Waals surface area contributed by atoms with Crippen molar-refractivity contribution in [3.05, 3.63) is 81.9 Å². The molecule has 8 heteroatoms. The van der Waals surface area contributed by atoms with E-state index in [2.05, 4.69) is 20.8 Å². The van der Waals surface area contributed by atoms with E-state index in [9.17, 15) is 9.59 Å². The molecule has 0 atom stereocenters. The van der Waals surface area contributed by atoms with E-state index in [1.165, 1.54) is 0 Å². The second-order valence-corrected chi connectivity index (χ2v) is 7.32. The van der Waals surface area contributed by atoms with Crippen LogP contribution in [0.15, 0.2) is 58.2 Å². The van der Waals surface area contributed by atoms with Crippen LogP contribution in [0.25, 0.3) is 0 Å². The average Bonchev–Trinajstić information content (AvgIpc) is 3.10. The van der Waals surface area contributed by atoms with Crippen molar-refractivity contribution < 1.29 is 14.0 Å². The van der Waals surface area contributed by atoms with Crippen LogP contribution in [-0.2, 0) is 6.42 Å². The summed E-state index contributed by atoms with van der Waals surface area (Å²) in [5, 5.41) is 7.61. The highest BCUT2D eigenvalue weighted by Gasteiger charge is 2.28. The summed E-state index contributed by atoms with van der Waals surface area (Å²) >= 11 is 5.86. The van der Waals surface area contributed by atoms with E-state index in [0.29, 0.717) is 46.3 Å². The first-order valence-electron chi connectivity index (χ1n) is 9.50. The number of nitrogens with one attached hydrogen (secondary N) is 2. The summed E-state index contributed by atoms with van der Waals surface area (Å²) in [7, 11) is 0. The van der Waals surface area contributed by atoms with E-state index in [-0.39, 0.29) is 17.6 Å². The molecule has 2 heterocycles. The number of aromatic nitrogens is 1. The lowest BCUT2D eigenvalue weighted by atomic mass is 9.93. The predicted molar refractivity (Wildman–Crippen MR) is 114 cm³/mol. The highest BCUT2D eigenvalue weighted by Crippen LogP contribution is 2.30. The lowest BCUT2D eigenvalue weighted by Gasteiger charge is -2.13. The maximum atomic E-state index is 12.7. The molecule has 0 aliphatic heterocycles. The molecule has 0 radical (unpaired) electrons. The zero-order chi connectivity index (χ0) is 21.1. The monoisotopic (exact) mass is 422 g/mol. The molecular formula is C22H19ClN4O3. The quantitative estimate of drug-likeness (QED) is 0.610. The van der Waals surface area contributed by atoms with Crippen molar-refractivity contribution in [1.29, 1.82) is 0 Å². The molecule has 1 aromatic carbocycles. The third kappa shape index (κ3) is 4.11. The Morgan fingerprint density at radius 2 is 1.90 bits per heavy atom. The summed E-state index contributed by atoms with van der Waals surface area (Å²) < 4.78 is 5.86. The van der Waals surface area contributed by atoms with Gasteiger partial charge in [-0.25, -0.2) is 10.4 Å². The fraction of sp³-hybridized carbons (Fsp3) is 0.182. The number of carbonyl (C=O) groups is 2. The molecule has 0 spiro atoms. The topological polar surface area (TPSA) is 96.6 Å². The van der Waals surface area contributed by atoms with Gasteiger partial charge in [-0.15, -0.1) is 0 Å². The van der Waals surface area contributed by atoms with Gasteiger partial charge in [0, 0.05) is 34.3 Å². The number of benzene rings is 1. The Morgan fingerprint density at radius 1 is 1.10 bits per heavy atom. The van der Waals surface area contributed by atoms with Crippen LogP contribution in [0.3, 0.4) is 0 Å². The van der Waals surface area contributed by atoms with Crippen molar-refractivity contribution in [2.24, 2.45) is 5.10 Å². The lowest BCUT2D eigenvalue weighted by molar-refractivity contribution is 0.0953. The minimum atomic E-state index is -0.370. The van der Waals surface area contributed by atoms with Crippen molar-refractivity contribution in [2.75, 3.05) is 5.32 Å². The first-order valence-corrected chi connectivity index (χ1v) is 9.88. The maximum absolute atomic E-state index is 12.7. The molecule has 0 bridgehead atoms. The van der Waals surface area contributed by atoms with Crippen molar-refractivity contribution in [1.82, 2.24) is 10.4 Å². The molecule has 4 rings (SSSR count). The van der Waals surface area contributed by atoms with Crippen LogP contribution >= 0.6 is 11.6 Å². The summed E-state index contributed by atoms with van der Waals surface area (Å²) in [6.07, 6.45) is 3.80. The van der Waals surface area contributed by atoms with E-state index in [4.69, 9.17) is 16.0 Å². The highest BCUT2D eigenvalue weighted by molar-refractivity contribution is 6.30. The Bertz CT molecular complexity index is 1120. The zero-order valence-corrected chi connectivity index (χ0v) is 17.0. The normalized spacial score (nSPS) is 14.3. The van der Waals surface area contributed by atoms with Gasteiger partial charge in [-0.3, -0.25) is 9.59 Å². The molecule has 30 heavy (non-hydrogen) atoms. The van der Waals surface area contributed by atoms with Crippen LogP contribution in [0, 0.1) is 6.92 Å². The number of hydrazone groups is 1. The molecule has 1 aliphatic carbocycles. The Hall–Kier alpha value is -3.45. The van der Waals surface area contributed by atoms with Gasteiger partial charge in [0.1, 0.15) is 11.6 Å². The number of amides is 2. The van der Waals surface area contributed by atoms with Gasteiger partial charge in [-0.1, -0.05) is 17.7 Å². The number of hydrogen-bond acceptors (Lipinski definition) is 5. The Labute approximate surface area is 178 Å². The molecule has 7 nitrogen and oxygen atoms in total. The molecule has 152 valence electrons. The van der Waals surface area contributed by atoms with Crippen LogP contribution in [0.4, 0.5) is 5.82 Å². The first-order chi connectivity index (χ1) is 14.5.